The number of aromatic nitrogens is 2. The maximum atomic E-state index is 12.1. The highest BCUT2D eigenvalue weighted by atomic mass is 79.9. The van der Waals surface area contributed by atoms with Gasteiger partial charge in [-0.3, -0.25) is 4.79 Å². The van der Waals surface area contributed by atoms with E-state index in [4.69, 9.17) is 11.6 Å². The Morgan fingerprint density at radius 1 is 1.20 bits per heavy atom. The number of hydrogen-bond acceptors (Lipinski definition) is 3. The zero-order valence-electron chi connectivity index (χ0n) is 10.0. The summed E-state index contributed by atoms with van der Waals surface area (Å²) < 4.78 is 0.782. The number of halogens is 2. The summed E-state index contributed by atoms with van der Waals surface area (Å²) in [6.07, 6.45) is 0. The Morgan fingerprint density at radius 3 is 2.80 bits per heavy atom. The lowest BCUT2D eigenvalue weighted by atomic mass is 10.1. The number of nitrogens with zero attached hydrogens (tertiary/aromatic N) is 1. The molecule has 0 saturated carbocycles. The summed E-state index contributed by atoms with van der Waals surface area (Å²) in [5, 5.41) is 10.8. The van der Waals surface area contributed by atoms with Crippen LogP contribution in [-0.4, -0.2) is 15.1 Å². The van der Waals surface area contributed by atoms with E-state index in [1.54, 1.807) is 30.3 Å². The summed E-state index contributed by atoms with van der Waals surface area (Å²) in [6.45, 7) is 0. The highest BCUT2D eigenvalue weighted by Gasteiger charge is 2.10. The molecule has 0 aliphatic heterocycles. The molecule has 1 aromatic heterocycles. The molecule has 0 saturated heterocycles. The summed E-state index contributed by atoms with van der Waals surface area (Å²) in [5.41, 5.74) is 0.674. The summed E-state index contributed by atoms with van der Waals surface area (Å²) in [6, 6.07) is 9.83. The number of aromatic hydroxyl groups is 1. The van der Waals surface area contributed by atoms with E-state index in [-0.39, 0.29) is 11.3 Å². The number of rotatable bonds is 1. The molecule has 1 heterocycles. The Kier molecular flexibility index (Phi) is 3.23. The maximum absolute atomic E-state index is 12.1. The predicted molar refractivity (Wildman–Crippen MR) is 82.2 cm³/mol. The predicted octanol–water partition coefficient (Wildman–Crippen LogP) is 3.71. The molecule has 0 aliphatic carbocycles. The van der Waals surface area contributed by atoms with E-state index in [1.165, 1.54) is 6.07 Å². The van der Waals surface area contributed by atoms with Gasteiger partial charge in [-0.25, -0.2) is 4.98 Å². The minimum Gasteiger partial charge on any atom is -0.507 e. The minimum absolute atomic E-state index is 0.0460. The molecule has 0 amide bonds. The Hall–Kier alpha value is -1.85. The average molecular weight is 352 g/mol. The molecule has 0 radical (unpaired) electrons. The van der Waals surface area contributed by atoms with Gasteiger partial charge < -0.3 is 10.1 Å². The van der Waals surface area contributed by atoms with Crippen LogP contribution in [0.15, 0.2) is 45.7 Å². The molecule has 3 aromatic rings. The lowest BCUT2D eigenvalue weighted by Crippen LogP contribution is -2.09. The van der Waals surface area contributed by atoms with Crippen LogP contribution in [0, 0.1) is 0 Å². The van der Waals surface area contributed by atoms with E-state index in [1.807, 2.05) is 0 Å². The van der Waals surface area contributed by atoms with Gasteiger partial charge in [0.05, 0.1) is 16.5 Å². The van der Waals surface area contributed by atoms with Gasteiger partial charge in [-0.05, 0) is 36.4 Å². The van der Waals surface area contributed by atoms with Gasteiger partial charge in [0, 0.05) is 9.50 Å². The Bertz CT molecular complexity index is 877. The van der Waals surface area contributed by atoms with Crippen molar-refractivity contribution in [2.24, 2.45) is 0 Å². The molecule has 2 aromatic carbocycles. The monoisotopic (exact) mass is 350 g/mol. The topological polar surface area (TPSA) is 66.0 Å². The number of benzene rings is 2. The van der Waals surface area contributed by atoms with Crippen LogP contribution in [0.25, 0.3) is 22.3 Å². The smallest absolute Gasteiger partial charge is 0.259 e. The van der Waals surface area contributed by atoms with Gasteiger partial charge in [0.1, 0.15) is 11.6 Å². The maximum Gasteiger partial charge on any atom is 0.259 e. The molecular weight excluding hydrogens is 344 g/mol. The fraction of sp³-hybridized carbons (Fsp3) is 0. The molecule has 20 heavy (non-hydrogen) atoms. The van der Waals surface area contributed by atoms with Crippen molar-refractivity contribution in [3.05, 3.63) is 56.2 Å². The number of phenols is 1. The van der Waals surface area contributed by atoms with Crippen molar-refractivity contribution in [1.29, 1.82) is 0 Å². The van der Waals surface area contributed by atoms with Crippen molar-refractivity contribution >= 4 is 38.4 Å². The van der Waals surface area contributed by atoms with Gasteiger partial charge in [0.2, 0.25) is 0 Å². The molecule has 0 bridgehead atoms. The lowest BCUT2D eigenvalue weighted by Gasteiger charge is -2.06. The van der Waals surface area contributed by atoms with E-state index in [0.29, 0.717) is 27.3 Å². The Balaban J connectivity index is 2.30. The second-order valence-electron chi connectivity index (χ2n) is 4.24. The Morgan fingerprint density at radius 2 is 2.00 bits per heavy atom. The molecule has 0 spiro atoms. The summed E-state index contributed by atoms with van der Waals surface area (Å²) in [7, 11) is 0. The molecule has 2 N–H and O–H groups in total. The third-order valence-corrected chi connectivity index (χ3v) is 3.61. The quantitative estimate of drug-likeness (QED) is 0.702. The summed E-state index contributed by atoms with van der Waals surface area (Å²) in [5.74, 6) is 0.355. The first-order chi connectivity index (χ1) is 9.54. The van der Waals surface area contributed by atoms with Crippen LogP contribution in [0.1, 0.15) is 0 Å². The number of H-pyrrole nitrogens is 1. The van der Waals surface area contributed by atoms with E-state index < -0.39 is 0 Å². The summed E-state index contributed by atoms with van der Waals surface area (Å²) in [4.78, 5) is 19.1. The third kappa shape index (κ3) is 2.30. The van der Waals surface area contributed by atoms with Crippen LogP contribution in [0.2, 0.25) is 5.02 Å². The highest BCUT2D eigenvalue weighted by Crippen LogP contribution is 2.29. The molecular formula is C14H8BrClN2O2. The highest BCUT2D eigenvalue weighted by molar-refractivity contribution is 9.10. The second-order valence-corrected chi connectivity index (χ2v) is 5.59. The van der Waals surface area contributed by atoms with Crippen molar-refractivity contribution in [3.63, 3.8) is 0 Å². The SMILES string of the molecule is O=c1[nH]c(-c2cc(Br)ccc2O)nc2ccc(Cl)cc12. The van der Waals surface area contributed by atoms with Gasteiger partial charge in [-0.1, -0.05) is 27.5 Å². The van der Waals surface area contributed by atoms with Crippen LogP contribution >= 0.6 is 27.5 Å². The van der Waals surface area contributed by atoms with Gasteiger partial charge in [-0.15, -0.1) is 0 Å². The van der Waals surface area contributed by atoms with Crippen molar-refractivity contribution in [3.8, 4) is 17.1 Å². The van der Waals surface area contributed by atoms with E-state index in [2.05, 4.69) is 25.9 Å². The van der Waals surface area contributed by atoms with Crippen LogP contribution in [0.4, 0.5) is 0 Å². The zero-order valence-corrected chi connectivity index (χ0v) is 12.4. The lowest BCUT2D eigenvalue weighted by molar-refractivity contribution is 0.477. The molecule has 100 valence electrons. The molecule has 0 fully saturated rings. The minimum atomic E-state index is -0.299. The average Bonchev–Trinajstić information content (AvgIpc) is 2.42. The Labute approximate surface area is 127 Å². The first kappa shape index (κ1) is 13.1. The van der Waals surface area contributed by atoms with Gasteiger partial charge in [0.15, 0.2) is 0 Å². The van der Waals surface area contributed by atoms with Gasteiger partial charge in [0.25, 0.3) is 5.56 Å². The summed E-state index contributed by atoms with van der Waals surface area (Å²) >= 11 is 9.19. The van der Waals surface area contributed by atoms with Gasteiger partial charge in [-0.2, -0.15) is 0 Å². The van der Waals surface area contributed by atoms with Crippen molar-refractivity contribution in [2.45, 2.75) is 0 Å². The van der Waals surface area contributed by atoms with Gasteiger partial charge >= 0.3 is 0 Å². The number of aromatic amines is 1. The van der Waals surface area contributed by atoms with Crippen LogP contribution < -0.4 is 5.56 Å². The van der Waals surface area contributed by atoms with E-state index in [0.717, 1.165) is 4.47 Å². The number of hydrogen-bond donors (Lipinski definition) is 2. The first-order valence-electron chi connectivity index (χ1n) is 5.73. The molecule has 0 aliphatic rings. The molecule has 0 atom stereocenters. The molecule has 3 rings (SSSR count). The molecule has 4 nitrogen and oxygen atoms in total. The largest absolute Gasteiger partial charge is 0.507 e. The van der Waals surface area contributed by atoms with E-state index >= 15 is 0 Å². The van der Waals surface area contributed by atoms with Crippen molar-refractivity contribution in [2.75, 3.05) is 0 Å². The second kappa shape index (κ2) is 4.92. The normalized spacial score (nSPS) is 10.9. The third-order valence-electron chi connectivity index (χ3n) is 2.88. The fourth-order valence-electron chi connectivity index (χ4n) is 1.94. The number of fused-ring (bicyclic) bond motifs is 1. The molecule has 0 unspecified atom stereocenters. The van der Waals surface area contributed by atoms with Crippen LogP contribution in [0.3, 0.4) is 0 Å². The number of nitrogens with one attached hydrogen (secondary N) is 1. The standard InChI is InChI=1S/C14H8BrClN2O2/c15-7-1-4-12(19)10(5-7)13-17-11-3-2-8(16)6-9(11)14(20)18-13/h1-6,19H,(H,17,18,20). The van der Waals surface area contributed by atoms with Crippen molar-refractivity contribution in [1.82, 2.24) is 9.97 Å². The first-order valence-corrected chi connectivity index (χ1v) is 6.90. The van der Waals surface area contributed by atoms with E-state index in [9.17, 15) is 9.90 Å². The van der Waals surface area contributed by atoms with Crippen molar-refractivity contribution < 1.29 is 5.11 Å². The molecule has 6 heteroatoms. The zero-order chi connectivity index (χ0) is 14.3. The fourth-order valence-corrected chi connectivity index (χ4v) is 2.47. The van der Waals surface area contributed by atoms with Crippen LogP contribution in [0.5, 0.6) is 5.75 Å². The number of phenolic OH excluding ortho intramolecular Hbond substituents is 1. The van der Waals surface area contributed by atoms with Crippen LogP contribution in [-0.2, 0) is 0 Å².